The van der Waals surface area contributed by atoms with E-state index in [0.29, 0.717) is 18.6 Å². The topological polar surface area (TPSA) is 51.4 Å². The van der Waals surface area contributed by atoms with Gasteiger partial charge in [0.1, 0.15) is 0 Å². The molecule has 1 aromatic heterocycles. The van der Waals surface area contributed by atoms with E-state index in [1.165, 1.54) is 10.6 Å². The quantitative estimate of drug-likeness (QED) is 0.876. The monoisotopic (exact) mass is 297 g/mol. The smallest absolute Gasteiger partial charge is 0.185 e. The summed E-state index contributed by atoms with van der Waals surface area (Å²) in [5.74, 6) is 0.500. The SMILES string of the molecule is CCOC1CCN(c2nc(C(C)CC)c(CN)s2)CC1. The van der Waals surface area contributed by atoms with Crippen molar-refractivity contribution in [1.29, 1.82) is 0 Å². The Balaban J connectivity index is 2.05. The summed E-state index contributed by atoms with van der Waals surface area (Å²) in [4.78, 5) is 8.52. The fourth-order valence-electron chi connectivity index (χ4n) is 2.66. The number of rotatable bonds is 6. The molecule has 0 amide bonds. The molecule has 0 aliphatic carbocycles. The summed E-state index contributed by atoms with van der Waals surface area (Å²) in [6.07, 6.45) is 3.75. The van der Waals surface area contributed by atoms with Crippen molar-refractivity contribution in [2.75, 3.05) is 24.6 Å². The normalized spacial score (nSPS) is 18.5. The van der Waals surface area contributed by atoms with Gasteiger partial charge in [0, 0.05) is 31.1 Å². The third-order valence-corrected chi connectivity index (χ3v) is 5.25. The predicted molar refractivity (Wildman–Crippen MR) is 85.6 cm³/mol. The van der Waals surface area contributed by atoms with E-state index < -0.39 is 0 Å². The third kappa shape index (κ3) is 3.51. The van der Waals surface area contributed by atoms with Crippen molar-refractivity contribution >= 4 is 16.5 Å². The van der Waals surface area contributed by atoms with Crippen LogP contribution in [0, 0.1) is 0 Å². The van der Waals surface area contributed by atoms with Crippen molar-refractivity contribution < 1.29 is 4.74 Å². The Morgan fingerprint density at radius 1 is 1.40 bits per heavy atom. The zero-order valence-electron chi connectivity index (χ0n) is 12.9. The van der Waals surface area contributed by atoms with E-state index in [-0.39, 0.29) is 0 Å². The second-order valence-corrected chi connectivity index (χ2v) is 6.52. The highest BCUT2D eigenvalue weighted by atomic mass is 32.1. The summed E-state index contributed by atoms with van der Waals surface area (Å²) < 4.78 is 5.71. The number of aromatic nitrogens is 1. The molecule has 20 heavy (non-hydrogen) atoms. The van der Waals surface area contributed by atoms with E-state index in [4.69, 9.17) is 15.5 Å². The van der Waals surface area contributed by atoms with Gasteiger partial charge in [-0.3, -0.25) is 0 Å². The van der Waals surface area contributed by atoms with Crippen molar-refractivity contribution in [2.45, 2.75) is 58.6 Å². The van der Waals surface area contributed by atoms with Crippen LogP contribution in [0.25, 0.3) is 0 Å². The second-order valence-electron chi connectivity index (χ2n) is 5.46. The minimum atomic E-state index is 0.430. The highest BCUT2D eigenvalue weighted by molar-refractivity contribution is 7.15. The van der Waals surface area contributed by atoms with Crippen LogP contribution in [-0.4, -0.2) is 30.8 Å². The average molecular weight is 297 g/mol. The maximum Gasteiger partial charge on any atom is 0.185 e. The molecule has 1 aromatic rings. The van der Waals surface area contributed by atoms with Crippen molar-refractivity contribution in [1.82, 2.24) is 4.98 Å². The molecule has 0 radical (unpaired) electrons. The first-order chi connectivity index (χ1) is 9.69. The van der Waals surface area contributed by atoms with Crippen molar-refractivity contribution in [3.05, 3.63) is 10.6 Å². The van der Waals surface area contributed by atoms with Gasteiger partial charge in [-0.05, 0) is 32.1 Å². The van der Waals surface area contributed by atoms with Gasteiger partial charge in [0.05, 0.1) is 11.8 Å². The number of anilines is 1. The summed E-state index contributed by atoms with van der Waals surface area (Å²) in [6.45, 7) is 10.0. The lowest BCUT2D eigenvalue weighted by Gasteiger charge is -2.31. The lowest BCUT2D eigenvalue weighted by atomic mass is 10.0. The van der Waals surface area contributed by atoms with Crippen LogP contribution >= 0.6 is 11.3 Å². The van der Waals surface area contributed by atoms with Gasteiger partial charge in [0.25, 0.3) is 0 Å². The molecule has 1 saturated heterocycles. The minimum absolute atomic E-state index is 0.430. The van der Waals surface area contributed by atoms with Gasteiger partial charge in [0.15, 0.2) is 5.13 Å². The van der Waals surface area contributed by atoms with Crippen LogP contribution in [0.1, 0.15) is 56.5 Å². The van der Waals surface area contributed by atoms with Gasteiger partial charge in [-0.2, -0.15) is 0 Å². The zero-order valence-corrected chi connectivity index (χ0v) is 13.7. The first-order valence-electron chi connectivity index (χ1n) is 7.75. The van der Waals surface area contributed by atoms with Gasteiger partial charge in [0.2, 0.25) is 0 Å². The molecule has 0 spiro atoms. The first kappa shape index (κ1) is 15.7. The highest BCUT2D eigenvalue weighted by Crippen LogP contribution is 2.33. The van der Waals surface area contributed by atoms with Gasteiger partial charge in [-0.25, -0.2) is 4.98 Å². The van der Waals surface area contributed by atoms with Gasteiger partial charge in [-0.15, -0.1) is 11.3 Å². The lowest BCUT2D eigenvalue weighted by Crippen LogP contribution is -2.37. The Morgan fingerprint density at radius 3 is 2.65 bits per heavy atom. The van der Waals surface area contributed by atoms with Gasteiger partial charge in [-0.1, -0.05) is 13.8 Å². The second kappa shape index (κ2) is 7.38. The lowest BCUT2D eigenvalue weighted by molar-refractivity contribution is 0.0459. The van der Waals surface area contributed by atoms with Crippen LogP contribution in [0.2, 0.25) is 0 Å². The van der Waals surface area contributed by atoms with Gasteiger partial charge >= 0.3 is 0 Å². The van der Waals surface area contributed by atoms with Crippen molar-refractivity contribution in [2.24, 2.45) is 5.73 Å². The largest absolute Gasteiger partial charge is 0.378 e. The molecule has 4 nitrogen and oxygen atoms in total. The molecule has 0 aromatic carbocycles. The van der Waals surface area contributed by atoms with E-state index >= 15 is 0 Å². The third-order valence-electron chi connectivity index (χ3n) is 4.10. The number of hydrogen-bond acceptors (Lipinski definition) is 5. The molecule has 1 aliphatic rings. The number of ether oxygens (including phenoxy) is 1. The Labute approximate surface area is 126 Å². The first-order valence-corrected chi connectivity index (χ1v) is 8.57. The van der Waals surface area contributed by atoms with E-state index in [9.17, 15) is 0 Å². The maximum absolute atomic E-state index is 5.88. The predicted octanol–water partition coefficient (Wildman–Crippen LogP) is 3.12. The van der Waals surface area contributed by atoms with Crippen LogP contribution in [0.15, 0.2) is 0 Å². The number of thiazole rings is 1. The molecule has 2 N–H and O–H groups in total. The molecule has 5 heteroatoms. The fraction of sp³-hybridized carbons (Fsp3) is 0.800. The van der Waals surface area contributed by atoms with Crippen molar-refractivity contribution in [3.63, 3.8) is 0 Å². The van der Waals surface area contributed by atoms with E-state index in [0.717, 1.165) is 44.1 Å². The molecular formula is C15H27N3OS. The number of nitrogens with zero attached hydrogens (tertiary/aromatic N) is 2. The summed E-state index contributed by atoms with van der Waals surface area (Å²) in [5, 5.41) is 1.15. The summed E-state index contributed by atoms with van der Waals surface area (Å²) in [6, 6.07) is 0. The summed E-state index contributed by atoms with van der Waals surface area (Å²) in [5.41, 5.74) is 7.09. The van der Waals surface area contributed by atoms with Crippen LogP contribution in [0.4, 0.5) is 5.13 Å². The summed E-state index contributed by atoms with van der Waals surface area (Å²) in [7, 11) is 0. The molecule has 114 valence electrons. The highest BCUT2D eigenvalue weighted by Gasteiger charge is 2.23. The molecule has 1 fully saturated rings. The van der Waals surface area contributed by atoms with Crippen LogP contribution < -0.4 is 10.6 Å². The number of nitrogens with two attached hydrogens (primary N) is 1. The zero-order chi connectivity index (χ0) is 14.5. The molecule has 0 bridgehead atoms. The average Bonchev–Trinajstić information content (AvgIpc) is 2.92. The van der Waals surface area contributed by atoms with Crippen LogP contribution in [-0.2, 0) is 11.3 Å². The Morgan fingerprint density at radius 2 is 2.10 bits per heavy atom. The molecule has 2 rings (SSSR count). The van der Waals surface area contributed by atoms with E-state index in [2.05, 4.69) is 25.7 Å². The summed E-state index contributed by atoms with van der Waals surface area (Å²) >= 11 is 1.77. The molecule has 1 atom stereocenters. The maximum atomic E-state index is 5.88. The molecule has 0 saturated carbocycles. The van der Waals surface area contributed by atoms with Gasteiger partial charge < -0.3 is 15.4 Å². The van der Waals surface area contributed by atoms with E-state index in [1.807, 2.05) is 0 Å². The molecule has 2 heterocycles. The Kier molecular flexibility index (Phi) is 5.81. The van der Waals surface area contributed by atoms with Crippen LogP contribution in [0.5, 0.6) is 0 Å². The molecule has 1 unspecified atom stereocenters. The number of hydrogen-bond donors (Lipinski definition) is 1. The number of piperidine rings is 1. The minimum Gasteiger partial charge on any atom is -0.378 e. The fourth-order valence-corrected chi connectivity index (χ4v) is 3.77. The molecular weight excluding hydrogens is 270 g/mol. The Hall–Kier alpha value is -0.650. The van der Waals surface area contributed by atoms with Crippen molar-refractivity contribution in [3.8, 4) is 0 Å². The Bertz CT molecular complexity index is 413. The molecule has 1 aliphatic heterocycles. The van der Waals surface area contributed by atoms with E-state index in [1.54, 1.807) is 11.3 Å². The van der Waals surface area contributed by atoms with Crippen LogP contribution in [0.3, 0.4) is 0 Å². The standard InChI is InChI=1S/C15H27N3OS/c1-4-11(3)14-13(10-16)20-15(17-14)18-8-6-12(7-9-18)19-5-2/h11-12H,4-10,16H2,1-3H3.